The molecule has 0 aliphatic carbocycles. The van der Waals surface area contributed by atoms with Crippen LogP contribution in [0.1, 0.15) is 29.7 Å². The molecule has 1 N–H and O–H groups in total. The third-order valence-corrected chi connectivity index (χ3v) is 5.74. The molecule has 4 aromatic rings. The molecule has 0 saturated carbocycles. The zero-order chi connectivity index (χ0) is 25.2. The highest BCUT2D eigenvalue weighted by molar-refractivity contribution is 5.87. The smallest absolute Gasteiger partial charge is 0.350 e. The summed E-state index contributed by atoms with van der Waals surface area (Å²) in [6.45, 7) is 1.59. The van der Waals surface area contributed by atoms with E-state index in [1.807, 2.05) is 0 Å². The van der Waals surface area contributed by atoms with Gasteiger partial charge in [0.05, 0.1) is 16.5 Å². The minimum Gasteiger partial charge on any atom is -0.350 e. The Labute approximate surface area is 198 Å². The quantitative estimate of drug-likeness (QED) is 0.451. The van der Waals surface area contributed by atoms with Gasteiger partial charge < -0.3 is 5.32 Å². The molecular formula is C26H22F3N3O3. The number of amides is 1. The van der Waals surface area contributed by atoms with E-state index in [4.69, 9.17) is 0 Å². The molecule has 0 saturated heterocycles. The van der Waals surface area contributed by atoms with Crippen LogP contribution in [0.2, 0.25) is 0 Å². The standard InChI is InChI=1S/C26H22F3N3O3/c1-2-31-24(34)20-13-6-7-14-21(20)32(25(31)35)22(18-10-4-3-5-11-18)23(33)30-16-17-9-8-12-19(15-17)26(27,28)29/h3-15,22H,2,16H2,1H3,(H,30,33)/t22-/m0/s1. The van der Waals surface area contributed by atoms with Gasteiger partial charge in [0.15, 0.2) is 0 Å². The van der Waals surface area contributed by atoms with Crippen LogP contribution in [0.3, 0.4) is 0 Å². The predicted molar refractivity (Wildman–Crippen MR) is 126 cm³/mol. The van der Waals surface area contributed by atoms with E-state index in [0.29, 0.717) is 5.56 Å². The van der Waals surface area contributed by atoms with Crippen molar-refractivity contribution < 1.29 is 18.0 Å². The van der Waals surface area contributed by atoms with Crippen LogP contribution in [0, 0.1) is 0 Å². The Morgan fingerprint density at radius 2 is 1.63 bits per heavy atom. The second-order valence-corrected chi connectivity index (χ2v) is 7.95. The van der Waals surface area contributed by atoms with Crippen molar-refractivity contribution in [1.82, 2.24) is 14.5 Å². The topological polar surface area (TPSA) is 73.1 Å². The first-order valence-corrected chi connectivity index (χ1v) is 10.9. The number of halogens is 3. The Bertz CT molecular complexity index is 1490. The van der Waals surface area contributed by atoms with Crippen molar-refractivity contribution in [2.75, 3.05) is 0 Å². The highest BCUT2D eigenvalue weighted by atomic mass is 19.4. The number of hydrogen-bond acceptors (Lipinski definition) is 3. The van der Waals surface area contributed by atoms with Gasteiger partial charge in [-0.25, -0.2) is 4.79 Å². The molecule has 1 amide bonds. The van der Waals surface area contributed by atoms with Crippen molar-refractivity contribution in [2.24, 2.45) is 0 Å². The lowest BCUT2D eigenvalue weighted by atomic mass is 10.0. The fourth-order valence-corrected chi connectivity index (χ4v) is 4.05. The average molecular weight is 481 g/mol. The third-order valence-electron chi connectivity index (χ3n) is 5.74. The molecule has 0 unspecified atom stereocenters. The molecule has 9 heteroatoms. The highest BCUT2D eigenvalue weighted by Crippen LogP contribution is 2.29. The lowest BCUT2D eigenvalue weighted by molar-refractivity contribution is -0.137. The van der Waals surface area contributed by atoms with E-state index in [1.54, 1.807) is 61.5 Å². The molecule has 0 aliphatic rings. The van der Waals surface area contributed by atoms with Crippen LogP contribution in [-0.2, 0) is 24.1 Å². The summed E-state index contributed by atoms with van der Waals surface area (Å²) in [5, 5.41) is 2.94. The summed E-state index contributed by atoms with van der Waals surface area (Å²) >= 11 is 0. The number of carbonyl (C=O) groups is 1. The lowest BCUT2D eigenvalue weighted by Crippen LogP contribution is -2.45. The number of nitrogens with one attached hydrogen (secondary N) is 1. The second kappa shape index (κ2) is 9.61. The van der Waals surface area contributed by atoms with Crippen LogP contribution in [0.25, 0.3) is 10.9 Å². The molecule has 0 fully saturated rings. The number of rotatable bonds is 6. The van der Waals surface area contributed by atoms with Crippen LogP contribution in [0.5, 0.6) is 0 Å². The minimum atomic E-state index is -4.51. The van der Waals surface area contributed by atoms with Gasteiger partial charge in [0, 0.05) is 13.1 Å². The van der Waals surface area contributed by atoms with Crippen LogP contribution in [0.15, 0.2) is 88.5 Å². The maximum atomic E-state index is 13.5. The molecule has 0 aliphatic heterocycles. The van der Waals surface area contributed by atoms with Crippen LogP contribution in [-0.4, -0.2) is 15.0 Å². The summed E-state index contributed by atoms with van der Waals surface area (Å²) in [5.41, 5.74) is -0.894. The molecule has 1 aromatic heterocycles. The molecular weight excluding hydrogens is 459 g/mol. The van der Waals surface area contributed by atoms with Gasteiger partial charge in [0.1, 0.15) is 6.04 Å². The number of carbonyl (C=O) groups excluding carboxylic acids is 1. The summed E-state index contributed by atoms with van der Waals surface area (Å²) in [6, 6.07) is 18.6. The molecule has 0 radical (unpaired) electrons. The summed E-state index contributed by atoms with van der Waals surface area (Å²) in [5.74, 6) is -0.595. The minimum absolute atomic E-state index is 0.107. The first-order chi connectivity index (χ1) is 16.7. The van der Waals surface area contributed by atoms with Crippen LogP contribution < -0.4 is 16.6 Å². The first-order valence-electron chi connectivity index (χ1n) is 10.9. The largest absolute Gasteiger partial charge is 0.416 e. The molecule has 35 heavy (non-hydrogen) atoms. The molecule has 4 rings (SSSR count). The molecule has 1 atom stereocenters. The molecule has 0 spiro atoms. The Hall–Kier alpha value is -4.14. The van der Waals surface area contributed by atoms with Gasteiger partial charge in [-0.15, -0.1) is 0 Å². The van der Waals surface area contributed by atoms with Gasteiger partial charge in [0.25, 0.3) is 5.56 Å². The fraction of sp³-hybridized carbons (Fsp3) is 0.192. The monoisotopic (exact) mass is 481 g/mol. The van der Waals surface area contributed by atoms with Gasteiger partial charge in [-0.2, -0.15) is 13.2 Å². The Morgan fingerprint density at radius 3 is 2.31 bits per heavy atom. The van der Waals surface area contributed by atoms with E-state index < -0.39 is 34.9 Å². The van der Waals surface area contributed by atoms with Gasteiger partial charge in [-0.05, 0) is 42.3 Å². The first kappa shape index (κ1) is 24.0. The van der Waals surface area contributed by atoms with E-state index in [0.717, 1.165) is 16.7 Å². The average Bonchev–Trinajstić information content (AvgIpc) is 2.85. The van der Waals surface area contributed by atoms with Gasteiger partial charge in [-0.3, -0.25) is 18.7 Å². The van der Waals surface area contributed by atoms with Crippen molar-refractivity contribution in [2.45, 2.75) is 32.2 Å². The Balaban J connectivity index is 1.81. The van der Waals surface area contributed by atoms with E-state index in [2.05, 4.69) is 5.32 Å². The molecule has 0 bridgehead atoms. The fourth-order valence-electron chi connectivity index (χ4n) is 4.05. The van der Waals surface area contributed by atoms with Crippen molar-refractivity contribution in [3.8, 4) is 0 Å². The van der Waals surface area contributed by atoms with Crippen LogP contribution in [0.4, 0.5) is 13.2 Å². The van der Waals surface area contributed by atoms with Crippen molar-refractivity contribution >= 4 is 16.8 Å². The normalized spacial score (nSPS) is 12.5. The number of hydrogen-bond donors (Lipinski definition) is 1. The Morgan fingerprint density at radius 1 is 0.943 bits per heavy atom. The number of para-hydroxylation sites is 1. The summed E-state index contributed by atoms with van der Waals surface area (Å²) in [7, 11) is 0. The molecule has 1 heterocycles. The number of benzene rings is 3. The van der Waals surface area contributed by atoms with Crippen molar-refractivity contribution in [3.05, 3.63) is 116 Å². The van der Waals surface area contributed by atoms with Crippen molar-refractivity contribution in [3.63, 3.8) is 0 Å². The second-order valence-electron chi connectivity index (χ2n) is 7.95. The summed E-state index contributed by atoms with van der Waals surface area (Å²) in [6.07, 6.45) is -4.51. The lowest BCUT2D eigenvalue weighted by Gasteiger charge is -2.23. The number of nitrogens with zero attached hydrogens (tertiary/aromatic N) is 2. The van der Waals surface area contributed by atoms with E-state index >= 15 is 0 Å². The maximum absolute atomic E-state index is 13.5. The zero-order valence-corrected chi connectivity index (χ0v) is 18.8. The van der Waals surface area contributed by atoms with Gasteiger partial charge >= 0.3 is 11.9 Å². The van der Waals surface area contributed by atoms with Gasteiger partial charge in [-0.1, -0.05) is 54.6 Å². The van der Waals surface area contributed by atoms with E-state index in [9.17, 15) is 27.6 Å². The number of fused-ring (bicyclic) bond motifs is 1. The number of aromatic nitrogens is 2. The Kier molecular flexibility index (Phi) is 6.59. The third kappa shape index (κ3) is 4.75. The predicted octanol–water partition coefficient (Wildman–Crippen LogP) is 4.11. The van der Waals surface area contributed by atoms with Crippen LogP contribution >= 0.6 is 0 Å². The highest BCUT2D eigenvalue weighted by Gasteiger charge is 2.31. The summed E-state index contributed by atoms with van der Waals surface area (Å²) in [4.78, 5) is 39.7. The zero-order valence-electron chi connectivity index (χ0n) is 18.8. The number of alkyl halides is 3. The van der Waals surface area contributed by atoms with E-state index in [-0.39, 0.29) is 29.6 Å². The summed E-state index contributed by atoms with van der Waals surface area (Å²) < 4.78 is 41.6. The van der Waals surface area contributed by atoms with Crippen molar-refractivity contribution in [1.29, 1.82) is 0 Å². The van der Waals surface area contributed by atoms with E-state index in [1.165, 1.54) is 16.7 Å². The molecule has 6 nitrogen and oxygen atoms in total. The SMILES string of the molecule is CCn1c(=O)c2ccccc2n([C@H](C(=O)NCc2cccc(C(F)(F)F)c2)c2ccccc2)c1=O. The maximum Gasteiger partial charge on any atom is 0.416 e. The molecule has 180 valence electrons. The molecule has 3 aromatic carbocycles. The van der Waals surface area contributed by atoms with Gasteiger partial charge in [0.2, 0.25) is 5.91 Å².